The third-order valence-corrected chi connectivity index (χ3v) is 3.72. The Morgan fingerprint density at radius 2 is 1.76 bits per heavy atom. The monoisotopic (exact) mass is 291 g/mol. The number of amides is 1. The molecule has 21 heavy (non-hydrogen) atoms. The van der Waals surface area contributed by atoms with Crippen LogP contribution < -0.4 is 5.32 Å². The maximum Gasteiger partial charge on any atom is 0.326 e. The fourth-order valence-corrected chi connectivity index (χ4v) is 2.40. The summed E-state index contributed by atoms with van der Waals surface area (Å²) >= 11 is 0. The topological polar surface area (TPSA) is 66.4 Å². The summed E-state index contributed by atoms with van der Waals surface area (Å²) in [4.78, 5) is 23.1. The number of aliphatic carboxylic acids is 1. The van der Waals surface area contributed by atoms with Gasteiger partial charge in [0.2, 0.25) is 5.91 Å². The van der Waals surface area contributed by atoms with E-state index in [1.165, 1.54) is 11.1 Å². The largest absolute Gasteiger partial charge is 0.480 e. The molecule has 1 aromatic carbocycles. The van der Waals surface area contributed by atoms with E-state index in [1.807, 2.05) is 27.7 Å². The third kappa shape index (κ3) is 5.58. The molecule has 0 saturated heterocycles. The quantitative estimate of drug-likeness (QED) is 0.811. The van der Waals surface area contributed by atoms with Gasteiger partial charge in [-0.05, 0) is 31.7 Å². The lowest BCUT2D eigenvalue weighted by molar-refractivity contribution is -0.143. The van der Waals surface area contributed by atoms with Crippen molar-refractivity contribution in [2.45, 2.75) is 53.0 Å². The zero-order valence-electron chi connectivity index (χ0n) is 13.3. The van der Waals surface area contributed by atoms with Gasteiger partial charge in [0, 0.05) is 6.42 Å². The summed E-state index contributed by atoms with van der Waals surface area (Å²) in [5, 5.41) is 11.8. The summed E-state index contributed by atoms with van der Waals surface area (Å²) in [5.41, 5.74) is 3.46. The average molecular weight is 291 g/mol. The molecular weight excluding hydrogens is 266 g/mol. The molecule has 0 heterocycles. The Kier molecular flexibility index (Phi) is 6.40. The van der Waals surface area contributed by atoms with Crippen LogP contribution in [0.3, 0.4) is 0 Å². The molecule has 0 aromatic heterocycles. The standard InChI is InChI=1S/C17H25NO3/c1-5-13(4)16(17(20)21)18-15(19)7-6-14-9-11(2)8-12(3)10-14/h8-10,13,16H,5-7H2,1-4H3,(H,18,19)(H,20,21)/t13-,16-/m0/s1. The molecule has 116 valence electrons. The van der Waals surface area contributed by atoms with Crippen LogP contribution in [0.1, 0.15) is 43.4 Å². The number of hydrogen-bond donors (Lipinski definition) is 2. The predicted octanol–water partition coefficient (Wildman–Crippen LogP) is 2.85. The SMILES string of the molecule is CC[C@H](C)[C@H](NC(=O)CCc1cc(C)cc(C)c1)C(=O)O. The second-order valence-corrected chi connectivity index (χ2v) is 5.76. The molecule has 0 unspecified atom stereocenters. The first-order valence-electron chi connectivity index (χ1n) is 7.42. The number of benzene rings is 1. The third-order valence-electron chi connectivity index (χ3n) is 3.72. The maximum atomic E-state index is 11.9. The van der Waals surface area contributed by atoms with E-state index < -0.39 is 12.0 Å². The predicted molar refractivity (Wildman–Crippen MR) is 83.3 cm³/mol. The molecular formula is C17H25NO3. The minimum atomic E-state index is -0.968. The van der Waals surface area contributed by atoms with Gasteiger partial charge in [-0.3, -0.25) is 4.79 Å². The van der Waals surface area contributed by atoms with Crippen molar-refractivity contribution in [2.75, 3.05) is 0 Å². The Balaban J connectivity index is 2.58. The smallest absolute Gasteiger partial charge is 0.326 e. The van der Waals surface area contributed by atoms with Crippen LogP contribution in [0.4, 0.5) is 0 Å². The van der Waals surface area contributed by atoms with Crippen molar-refractivity contribution in [1.29, 1.82) is 0 Å². The van der Waals surface area contributed by atoms with Crippen LogP contribution in [0.2, 0.25) is 0 Å². The number of carbonyl (C=O) groups excluding carboxylic acids is 1. The van der Waals surface area contributed by atoms with Gasteiger partial charge in [-0.25, -0.2) is 4.79 Å². The van der Waals surface area contributed by atoms with E-state index in [-0.39, 0.29) is 11.8 Å². The first-order valence-corrected chi connectivity index (χ1v) is 7.42. The fraction of sp³-hybridized carbons (Fsp3) is 0.529. The van der Waals surface area contributed by atoms with Crippen LogP contribution in [0.25, 0.3) is 0 Å². The van der Waals surface area contributed by atoms with Gasteiger partial charge >= 0.3 is 5.97 Å². The summed E-state index contributed by atoms with van der Waals surface area (Å²) in [6, 6.07) is 5.40. The zero-order chi connectivity index (χ0) is 16.0. The van der Waals surface area contributed by atoms with Crippen LogP contribution in [-0.2, 0) is 16.0 Å². The number of carbonyl (C=O) groups is 2. The summed E-state index contributed by atoms with van der Waals surface area (Å²) in [7, 11) is 0. The molecule has 0 fully saturated rings. The van der Waals surface area contributed by atoms with E-state index in [9.17, 15) is 9.59 Å². The Hall–Kier alpha value is -1.84. The molecule has 0 bridgehead atoms. The highest BCUT2D eigenvalue weighted by molar-refractivity contribution is 5.83. The molecule has 0 aliphatic rings. The summed E-state index contributed by atoms with van der Waals surface area (Å²) in [6.45, 7) is 7.81. The first kappa shape index (κ1) is 17.2. The molecule has 0 saturated carbocycles. The van der Waals surface area contributed by atoms with Gasteiger partial charge in [-0.15, -0.1) is 0 Å². The van der Waals surface area contributed by atoms with Gasteiger partial charge in [0.25, 0.3) is 0 Å². The number of carboxylic acids is 1. The van der Waals surface area contributed by atoms with Gasteiger partial charge in [-0.1, -0.05) is 49.6 Å². The molecule has 0 aliphatic carbocycles. The lowest BCUT2D eigenvalue weighted by atomic mass is 9.98. The second kappa shape index (κ2) is 7.81. The second-order valence-electron chi connectivity index (χ2n) is 5.76. The summed E-state index contributed by atoms with van der Waals surface area (Å²) < 4.78 is 0. The molecule has 1 aromatic rings. The van der Waals surface area contributed by atoms with Crippen molar-refractivity contribution in [3.8, 4) is 0 Å². The van der Waals surface area contributed by atoms with E-state index >= 15 is 0 Å². The molecule has 2 N–H and O–H groups in total. The van der Waals surface area contributed by atoms with Crippen LogP contribution in [0.15, 0.2) is 18.2 Å². The molecule has 1 rings (SSSR count). The van der Waals surface area contributed by atoms with Crippen molar-refractivity contribution in [1.82, 2.24) is 5.32 Å². The Morgan fingerprint density at radius 3 is 2.24 bits per heavy atom. The zero-order valence-corrected chi connectivity index (χ0v) is 13.3. The van der Waals surface area contributed by atoms with Gasteiger partial charge in [0.05, 0.1) is 0 Å². The van der Waals surface area contributed by atoms with E-state index in [2.05, 4.69) is 23.5 Å². The van der Waals surface area contributed by atoms with Crippen molar-refractivity contribution < 1.29 is 14.7 Å². The van der Waals surface area contributed by atoms with Gasteiger partial charge in [0.15, 0.2) is 0 Å². The molecule has 0 aliphatic heterocycles. The normalized spacial score (nSPS) is 13.5. The lowest BCUT2D eigenvalue weighted by Gasteiger charge is -2.20. The van der Waals surface area contributed by atoms with E-state index in [1.54, 1.807) is 0 Å². The van der Waals surface area contributed by atoms with E-state index in [4.69, 9.17) is 5.11 Å². The number of nitrogens with one attached hydrogen (secondary N) is 1. The first-order chi connectivity index (χ1) is 9.83. The van der Waals surface area contributed by atoms with Crippen molar-refractivity contribution in [3.63, 3.8) is 0 Å². The Bertz CT molecular complexity index is 491. The number of carboxylic acid groups (broad SMARTS) is 1. The molecule has 0 radical (unpaired) electrons. The van der Waals surface area contributed by atoms with Crippen LogP contribution in [0.5, 0.6) is 0 Å². The molecule has 4 nitrogen and oxygen atoms in total. The molecule has 0 spiro atoms. The minimum absolute atomic E-state index is 0.0762. The maximum absolute atomic E-state index is 11.9. The summed E-state index contributed by atoms with van der Waals surface area (Å²) in [6.07, 6.45) is 1.65. The summed E-state index contributed by atoms with van der Waals surface area (Å²) in [5.74, 6) is -1.25. The number of hydrogen-bond acceptors (Lipinski definition) is 2. The number of aryl methyl sites for hydroxylation is 3. The average Bonchev–Trinajstić information content (AvgIpc) is 2.40. The minimum Gasteiger partial charge on any atom is -0.480 e. The highest BCUT2D eigenvalue weighted by atomic mass is 16.4. The van der Waals surface area contributed by atoms with Crippen molar-refractivity contribution in [2.24, 2.45) is 5.92 Å². The van der Waals surface area contributed by atoms with Gasteiger partial charge in [-0.2, -0.15) is 0 Å². The van der Waals surface area contributed by atoms with Gasteiger partial charge < -0.3 is 10.4 Å². The van der Waals surface area contributed by atoms with E-state index in [0.29, 0.717) is 19.3 Å². The highest BCUT2D eigenvalue weighted by Crippen LogP contribution is 2.12. The van der Waals surface area contributed by atoms with Crippen molar-refractivity contribution >= 4 is 11.9 Å². The molecule has 1 amide bonds. The molecule has 2 atom stereocenters. The van der Waals surface area contributed by atoms with Gasteiger partial charge in [0.1, 0.15) is 6.04 Å². The lowest BCUT2D eigenvalue weighted by Crippen LogP contribution is -2.45. The Labute approximate surface area is 126 Å². The fourth-order valence-electron chi connectivity index (χ4n) is 2.40. The van der Waals surface area contributed by atoms with Crippen molar-refractivity contribution in [3.05, 3.63) is 34.9 Å². The Morgan fingerprint density at radius 1 is 1.19 bits per heavy atom. The highest BCUT2D eigenvalue weighted by Gasteiger charge is 2.24. The molecule has 4 heteroatoms. The van der Waals surface area contributed by atoms with Crippen LogP contribution >= 0.6 is 0 Å². The van der Waals surface area contributed by atoms with E-state index in [0.717, 1.165) is 5.56 Å². The number of rotatable bonds is 7. The van der Waals surface area contributed by atoms with Crippen LogP contribution in [0, 0.1) is 19.8 Å². The van der Waals surface area contributed by atoms with Crippen LogP contribution in [-0.4, -0.2) is 23.0 Å².